The van der Waals surface area contributed by atoms with Gasteiger partial charge in [0.2, 0.25) is 0 Å². The Morgan fingerprint density at radius 1 is 0.520 bits per heavy atom. The monoisotopic (exact) mass is 639 g/mol. The van der Waals surface area contributed by atoms with E-state index in [9.17, 15) is 5.26 Å². The van der Waals surface area contributed by atoms with Crippen LogP contribution in [-0.4, -0.2) is 9.13 Å². The molecule has 3 heterocycles. The largest absolute Gasteiger partial charge is 0.456 e. The first-order chi connectivity index (χ1) is 24.5. The molecule has 1 aliphatic carbocycles. The molecule has 7 aromatic carbocycles. The average Bonchev–Trinajstić information content (AvgIpc) is 3.86. The van der Waals surface area contributed by atoms with Crippen molar-refractivity contribution in [2.45, 2.75) is 19.3 Å². The van der Waals surface area contributed by atoms with Gasteiger partial charge in [0, 0.05) is 60.7 Å². The van der Waals surface area contributed by atoms with E-state index in [-0.39, 0.29) is 5.41 Å². The van der Waals surface area contributed by atoms with Crippen molar-refractivity contribution in [2.75, 3.05) is 0 Å². The maximum atomic E-state index is 9.60. The highest BCUT2D eigenvalue weighted by molar-refractivity contribution is 6.16. The SMILES string of the molecule is CC1(C)c2ccccc2-c2c1ccc1c3ccccc3n(-c3ccc4c(c3)oc3ccc(-n5c6ccccc6c6cc(C#N)ccc65)cc34)c21. The molecule has 0 fully saturated rings. The van der Waals surface area contributed by atoms with Crippen LogP contribution in [0.2, 0.25) is 0 Å². The third-order valence-electron chi connectivity index (χ3n) is 11.1. The molecule has 0 saturated carbocycles. The second-order valence-electron chi connectivity index (χ2n) is 14.1. The number of rotatable bonds is 2. The van der Waals surface area contributed by atoms with E-state index in [0.717, 1.165) is 55.1 Å². The molecule has 0 saturated heterocycles. The zero-order valence-corrected chi connectivity index (χ0v) is 27.5. The summed E-state index contributed by atoms with van der Waals surface area (Å²) in [5.41, 5.74) is 14.4. The lowest BCUT2D eigenvalue weighted by Crippen LogP contribution is -2.14. The summed E-state index contributed by atoms with van der Waals surface area (Å²) < 4.78 is 11.3. The molecule has 11 rings (SSSR count). The van der Waals surface area contributed by atoms with E-state index < -0.39 is 0 Å². The van der Waals surface area contributed by atoms with Crippen LogP contribution in [0.5, 0.6) is 0 Å². The van der Waals surface area contributed by atoms with Crippen molar-refractivity contribution >= 4 is 65.6 Å². The maximum absolute atomic E-state index is 9.60. The summed E-state index contributed by atoms with van der Waals surface area (Å²) in [6.45, 7) is 4.68. The Morgan fingerprint density at radius 3 is 2.04 bits per heavy atom. The van der Waals surface area contributed by atoms with Crippen LogP contribution in [0.1, 0.15) is 30.5 Å². The summed E-state index contributed by atoms with van der Waals surface area (Å²) in [6.07, 6.45) is 0. The van der Waals surface area contributed by atoms with Crippen molar-refractivity contribution in [3.8, 4) is 28.6 Å². The van der Waals surface area contributed by atoms with Gasteiger partial charge in [-0.15, -0.1) is 0 Å². The predicted octanol–water partition coefficient (Wildman–Crippen LogP) is 12.0. The van der Waals surface area contributed by atoms with Gasteiger partial charge in [0.1, 0.15) is 11.2 Å². The van der Waals surface area contributed by atoms with Gasteiger partial charge in [0.05, 0.1) is 33.7 Å². The topological polar surface area (TPSA) is 46.8 Å². The fraction of sp³-hybridized carbons (Fsp3) is 0.0652. The number of hydrogen-bond donors (Lipinski definition) is 0. The van der Waals surface area contributed by atoms with Gasteiger partial charge in [-0.25, -0.2) is 0 Å². The summed E-state index contributed by atoms with van der Waals surface area (Å²) >= 11 is 0. The van der Waals surface area contributed by atoms with Gasteiger partial charge in [0.15, 0.2) is 0 Å². The van der Waals surface area contributed by atoms with Gasteiger partial charge in [-0.05, 0) is 77.4 Å². The number of aromatic nitrogens is 2. The molecule has 0 amide bonds. The van der Waals surface area contributed by atoms with E-state index in [4.69, 9.17) is 4.42 Å². The van der Waals surface area contributed by atoms with Crippen LogP contribution in [0.25, 0.3) is 88.1 Å². The van der Waals surface area contributed by atoms with Gasteiger partial charge in [-0.2, -0.15) is 5.26 Å². The molecule has 4 heteroatoms. The van der Waals surface area contributed by atoms with Crippen LogP contribution in [0.4, 0.5) is 0 Å². The van der Waals surface area contributed by atoms with Crippen molar-refractivity contribution in [3.05, 3.63) is 156 Å². The van der Waals surface area contributed by atoms with E-state index in [2.05, 4.69) is 156 Å². The number of benzene rings is 7. The van der Waals surface area contributed by atoms with E-state index in [1.54, 1.807) is 0 Å². The molecule has 1 aliphatic rings. The molecule has 0 N–H and O–H groups in total. The summed E-state index contributed by atoms with van der Waals surface area (Å²) in [4.78, 5) is 0. The first-order valence-corrected chi connectivity index (χ1v) is 17.1. The van der Waals surface area contributed by atoms with E-state index >= 15 is 0 Å². The Bertz CT molecular complexity index is 3140. The third kappa shape index (κ3) is 3.43. The van der Waals surface area contributed by atoms with Crippen LogP contribution in [-0.2, 0) is 5.41 Å². The number of nitriles is 1. The minimum atomic E-state index is -0.0871. The molecule has 4 nitrogen and oxygen atoms in total. The summed E-state index contributed by atoms with van der Waals surface area (Å²) in [7, 11) is 0. The molecule has 0 unspecified atom stereocenters. The van der Waals surface area contributed by atoms with Crippen molar-refractivity contribution < 1.29 is 4.42 Å². The quantitative estimate of drug-likeness (QED) is 0.189. The lowest BCUT2D eigenvalue weighted by atomic mass is 9.82. The molecule has 234 valence electrons. The summed E-state index contributed by atoms with van der Waals surface area (Å²) in [6, 6.07) is 52.0. The van der Waals surface area contributed by atoms with Crippen LogP contribution < -0.4 is 0 Å². The summed E-state index contributed by atoms with van der Waals surface area (Å²) in [5, 5.41) is 16.5. The van der Waals surface area contributed by atoms with E-state index in [0.29, 0.717) is 5.56 Å². The highest BCUT2D eigenvalue weighted by Crippen LogP contribution is 2.53. The normalized spacial score (nSPS) is 13.5. The number of nitrogens with zero attached hydrogens (tertiary/aromatic N) is 3. The number of fused-ring (bicyclic) bond motifs is 13. The van der Waals surface area contributed by atoms with Gasteiger partial charge < -0.3 is 13.6 Å². The second-order valence-corrected chi connectivity index (χ2v) is 14.1. The lowest BCUT2D eigenvalue weighted by molar-refractivity contribution is 0.660. The van der Waals surface area contributed by atoms with Crippen LogP contribution >= 0.6 is 0 Å². The highest BCUT2D eigenvalue weighted by Gasteiger charge is 2.37. The van der Waals surface area contributed by atoms with Gasteiger partial charge in [0.25, 0.3) is 0 Å². The molecule has 0 radical (unpaired) electrons. The summed E-state index contributed by atoms with van der Waals surface area (Å²) in [5.74, 6) is 0. The van der Waals surface area contributed by atoms with Crippen LogP contribution in [0, 0.1) is 11.3 Å². The minimum Gasteiger partial charge on any atom is -0.456 e. The van der Waals surface area contributed by atoms with Crippen molar-refractivity contribution in [3.63, 3.8) is 0 Å². The zero-order chi connectivity index (χ0) is 33.3. The van der Waals surface area contributed by atoms with Crippen molar-refractivity contribution in [2.24, 2.45) is 0 Å². The lowest BCUT2D eigenvalue weighted by Gasteiger charge is -2.21. The molecule has 50 heavy (non-hydrogen) atoms. The Morgan fingerprint density at radius 2 is 1.20 bits per heavy atom. The molecule has 0 aliphatic heterocycles. The van der Waals surface area contributed by atoms with Crippen LogP contribution in [0.3, 0.4) is 0 Å². The Hall–Kier alpha value is -6.57. The standard InChI is InChI=1S/C46H29N3O/c1-46(2)37-12-6-3-11-34(37)44-38(46)20-19-33-30-9-4-8-14-40(30)49(45(33)44)29-16-18-32-36-24-28(17-22-42(36)50-43(32)25-29)48-39-13-7-5-10-31(39)35-23-27(26-47)15-21-41(35)48/h3-25H,1-2H3. The molecular weight excluding hydrogens is 611 g/mol. The molecule has 0 atom stereocenters. The van der Waals surface area contributed by atoms with Gasteiger partial charge >= 0.3 is 0 Å². The second kappa shape index (κ2) is 9.53. The highest BCUT2D eigenvalue weighted by atomic mass is 16.3. The molecular formula is C46H29N3O. The molecule has 3 aromatic heterocycles. The molecule has 0 spiro atoms. The van der Waals surface area contributed by atoms with Crippen molar-refractivity contribution in [1.82, 2.24) is 9.13 Å². The molecule has 10 aromatic rings. The molecule has 0 bridgehead atoms. The van der Waals surface area contributed by atoms with E-state index in [1.807, 2.05) is 12.1 Å². The first-order valence-electron chi connectivity index (χ1n) is 17.1. The van der Waals surface area contributed by atoms with Crippen LogP contribution in [0.15, 0.2) is 144 Å². The first kappa shape index (κ1) is 27.4. The number of furan rings is 1. The Labute approximate surface area is 287 Å². The number of hydrogen-bond acceptors (Lipinski definition) is 2. The Kier molecular flexibility index (Phi) is 5.22. The van der Waals surface area contributed by atoms with E-state index in [1.165, 1.54) is 44.1 Å². The van der Waals surface area contributed by atoms with Gasteiger partial charge in [-0.3, -0.25) is 0 Å². The van der Waals surface area contributed by atoms with Gasteiger partial charge in [-0.1, -0.05) is 86.6 Å². The smallest absolute Gasteiger partial charge is 0.137 e. The average molecular weight is 640 g/mol. The fourth-order valence-corrected chi connectivity index (χ4v) is 8.86. The van der Waals surface area contributed by atoms with Crippen molar-refractivity contribution in [1.29, 1.82) is 5.26 Å². The maximum Gasteiger partial charge on any atom is 0.137 e. The zero-order valence-electron chi connectivity index (χ0n) is 27.5. The number of para-hydroxylation sites is 2. The Balaban J connectivity index is 1.15. The minimum absolute atomic E-state index is 0.0871. The fourth-order valence-electron chi connectivity index (χ4n) is 8.86. The predicted molar refractivity (Wildman–Crippen MR) is 205 cm³/mol. The third-order valence-corrected chi connectivity index (χ3v) is 11.1.